The third kappa shape index (κ3) is 8.55. The quantitative estimate of drug-likeness (QED) is 0.328. The number of nitrogens with zero attached hydrogens (tertiary/aromatic N) is 2. The third-order valence-corrected chi connectivity index (χ3v) is 8.64. The highest BCUT2D eigenvalue weighted by molar-refractivity contribution is 7.92. The molecule has 1 unspecified atom stereocenters. The van der Waals surface area contributed by atoms with Gasteiger partial charge in [-0.05, 0) is 60.4 Å². The van der Waals surface area contributed by atoms with Gasteiger partial charge in [0.15, 0.2) is 0 Å². The Balaban J connectivity index is 1.72. The van der Waals surface area contributed by atoms with E-state index in [4.69, 9.17) is 4.74 Å². The second kappa shape index (κ2) is 14.3. The Morgan fingerprint density at radius 1 is 0.952 bits per heavy atom. The largest absolute Gasteiger partial charge is 0.497 e. The fourth-order valence-corrected chi connectivity index (χ4v) is 6.14. The molecule has 0 aliphatic heterocycles. The maximum Gasteiger partial charge on any atom is 0.244 e. The monoisotopic (exact) mass is 595 g/mol. The van der Waals surface area contributed by atoms with Crippen molar-refractivity contribution in [2.45, 2.75) is 57.2 Å². The average Bonchev–Trinajstić information content (AvgIpc) is 2.98. The summed E-state index contributed by atoms with van der Waals surface area (Å²) in [5.41, 5.74) is 1.74. The summed E-state index contributed by atoms with van der Waals surface area (Å²) in [5.74, 6) is -0.780. The molecule has 0 radical (unpaired) electrons. The van der Waals surface area contributed by atoms with Crippen molar-refractivity contribution in [3.8, 4) is 5.75 Å². The Morgan fingerprint density at radius 2 is 1.62 bits per heavy atom. The molecule has 3 aromatic carbocycles. The number of amides is 2. The molecule has 0 aromatic heterocycles. The first-order chi connectivity index (χ1) is 20.1. The van der Waals surface area contributed by atoms with Crippen molar-refractivity contribution in [2.75, 3.05) is 24.2 Å². The lowest BCUT2D eigenvalue weighted by molar-refractivity contribution is -0.140. The minimum Gasteiger partial charge on any atom is -0.497 e. The SMILES string of the molecule is COc1cccc(CN(C(=O)CN(c2ccc(F)cc2)S(C)(=O)=O)C(Cc2ccccc2)C(=O)NC2CCCCC2)c1. The smallest absolute Gasteiger partial charge is 0.244 e. The second-order valence-electron chi connectivity index (χ2n) is 10.7. The van der Waals surface area contributed by atoms with Crippen molar-refractivity contribution in [1.82, 2.24) is 10.2 Å². The van der Waals surface area contributed by atoms with Crippen LogP contribution in [-0.4, -0.2) is 57.1 Å². The first-order valence-corrected chi connectivity index (χ1v) is 16.0. The van der Waals surface area contributed by atoms with Crippen molar-refractivity contribution < 1.29 is 27.1 Å². The van der Waals surface area contributed by atoms with E-state index in [0.29, 0.717) is 5.75 Å². The standard InChI is InChI=1S/C32H38FN3O5S/c1-41-29-15-9-12-25(20-29)22-35(31(37)23-36(42(2,39)40)28-18-16-26(33)17-19-28)30(21-24-10-5-3-6-11-24)32(38)34-27-13-7-4-8-14-27/h3,5-6,9-12,15-20,27,30H,4,7-8,13-14,21-23H2,1-2H3,(H,34,38). The average molecular weight is 596 g/mol. The van der Waals surface area contributed by atoms with Gasteiger partial charge in [0, 0.05) is 19.0 Å². The molecule has 8 nitrogen and oxygen atoms in total. The molecule has 0 saturated heterocycles. The van der Waals surface area contributed by atoms with Crippen LogP contribution in [0.2, 0.25) is 0 Å². The van der Waals surface area contributed by atoms with Gasteiger partial charge in [-0.15, -0.1) is 0 Å². The van der Waals surface area contributed by atoms with Crippen molar-refractivity contribution in [1.29, 1.82) is 0 Å². The van der Waals surface area contributed by atoms with Crippen molar-refractivity contribution in [2.24, 2.45) is 0 Å². The number of anilines is 1. The Hall–Kier alpha value is -3.92. The summed E-state index contributed by atoms with van der Waals surface area (Å²) in [6, 6.07) is 20.6. The zero-order valence-electron chi connectivity index (χ0n) is 24.0. The number of hydrogen-bond donors (Lipinski definition) is 1. The fourth-order valence-electron chi connectivity index (χ4n) is 5.29. The Labute approximate surface area is 247 Å². The van der Waals surface area contributed by atoms with E-state index in [2.05, 4.69) is 5.32 Å². The highest BCUT2D eigenvalue weighted by Gasteiger charge is 2.34. The lowest BCUT2D eigenvalue weighted by Crippen LogP contribution is -2.55. The molecule has 0 spiro atoms. The van der Waals surface area contributed by atoms with Crippen LogP contribution >= 0.6 is 0 Å². The number of carbonyl (C=O) groups is 2. The normalized spacial score (nSPS) is 14.5. The van der Waals surface area contributed by atoms with Crippen molar-refractivity contribution >= 4 is 27.5 Å². The molecule has 1 atom stereocenters. The third-order valence-electron chi connectivity index (χ3n) is 7.50. The number of methoxy groups -OCH3 is 1. The maximum atomic E-state index is 14.2. The minimum absolute atomic E-state index is 0.0185. The van der Waals surface area contributed by atoms with Crippen LogP contribution in [0.4, 0.5) is 10.1 Å². The van der Waals surface area contributed by atoms with Gasteiger partial charge in [-0.25, -0.2) is 12.8 Å². The van der Waals surface area contributed by atoms with E-state index in [9.17, 15) is 22.4 Å². The molecule has 42 heavy (non-hydrogen) atoms. The summed E-state index contributed by atoms with van der Waals surface area (Å²) in [6.07, 6.45) is 6.17. The van der Waals surface area contributed by atoms with Gasteiger partial charge in [0.25, 0.3) is 0 Å². The van der Waals surface area contributed by atoms with E-state index in [1.165, 1.54) is 17.0 Å². The summed E-state index contributed by atoms with van der Waals surface area (Å²) in [4.78, 5) is 29.6. The van der Waals surface area contributed by atoms with Gasteiger partial charge in [0.2, 0.25) is 21.8 Å². The van der Waals surface area contributed by atoms with Crippen LogP contribution in [0.5, 0.6) is 5.75 Å². The van der Waals surface area contributed by atoms with E-state index in [-0.39, 0.29) is 30.6 Å². The van der Waals surface area contributed by atoms with Gasteiger partial charge >= 0.3 is 0 Å². The Morgan fingerprint density at radius 3 is 2.26 bits per heavy atom. The van der Waals surface area contributed by atoms with Crippen LogP contribution < -0.4 is 14.4 Å². The highest BCUT2D eigenvalue weighted by atomic mass is 32.2. The molecule has 0 bridgehead atoms. The van der Waals surface area contributed by atoms with Crippen LogP contribution in [0, 0.1) is 5.82 Å². The first-order valence-electron chi connectivity index (χ1n) is 14.1. The maximum absolute atomic E-state index is 14.2. The number of carbonyl (C=O) groups excluding carboxylic acids is 2. The molecular weight excluding hydrogens is 557 g/mol. The number of ether oxygens (including phenoxy) is 1. The van der Waals surface area contributed by atoms with E-state index >= 15 is 0 Å². The topological polar surface area (TPSA) is 96.0 Å². The Kier molecular flexibility index (Phi) is 10.6. The van der Waals surface area contributed by atoms with Crippen LogP contribution in [0.25, 0.3) is 0 Å². The molecule has 1 saturated carbocycles. The molecule has 1 aliphatic carbocycles. The minimum atomic E-state index is -3.93. The zero-order valence-corrected chi connectivity index (χ0v) is 24.9. The van der Waals surface area contributed by atoms with Gasteiger partial charge in [-0.1, -0.05) is 61.7 Å². The molecular formula is C32H38FN3O5S. The summed E-state index contributed by atoms with van der Waals surface area (Å²) in [5, 5.41) is 3.17. The zero-order chi connectivity index (χ0) is 30.1. The molecule has 2 amide bonds. The molecule has 10 heteroatoms. The Bertz CT molecular complexity index is 1440. The molecule has 1 aliphatic rings. The van der Waals surface area contributed by atoms with Gasteiger partial charge < -0.3 is 15.0 Å². The van der Waals surface area contributed by atoms with Crippen LogP contribution in [0.1, 0.15) is 43.2 Å². The highest BCUT2D eigenvalue weighted by Crippen LogP contribution is 2.23. The molecule has 3 aromatic rings. The lowest BCUT2D eigenvalue weighted by Gasteiger charge is -2.35. The second-order valence-corrected chi connectivity index (χ2v) is 12.6. The van der Waals surface area contributed by atoms with E-state index in [1.807, 2.05) is 36.4 Å². The fraction of sp³-hybridized carbons (Fsp3) is 0.375. The molecule has 1 N–H and O–H groups in total. The van der Waals surface area contributed by atoms with Crippen LogP contribution in [0.3, 0.4) is 0 Å². The van der Waals surface area contributed by atoms with E-state index in [1.54, 1.807) is 25.3 Å². The van der Waals surface area contributed by atoms with Crippen molar-refractivity contribution in [3.63, 3.8) is 0 Å². The molecule has 0 heterocycles. The first kappa shape index (κ1) is 31.0. The number of hydrogen-bond acceptors (Lipinski definition) is 5. The van der Waals surface area contributed by atoms with Gasteiger partial charge in [-0.3, -0.25) is 13.9 Å². The van der Waals surface area contributed by atoms with E-state index < -0.39 is 34.3 Å². The van der Waals surface area contributed by atoms with Gasteiger partial charge in [0.05, 0.1) is 19.1 Å². The number of nitrogens with one attached hydrogen (secondary N) is 1. The summed E-state index contributed by atoms with van der Waals surface area (Å²) >= 11 is 0. The van der Waals surface area contributed by atoms with Crippen molar-refractivity contribution in [3.05, 3.63) is 95.8 Å². The predicted molar refractivity (Wildman–Crippen MR) is 161 cm³/mol. The van der Waals surface area contributed by atoms with Gasteiger partial charge in [-0.2, -0.15) is 0 Å². The van der Waals surface area contributed by atoms with E-state index in [0.717, 1.165) is 65.9 Å². The number of benzene rings is 3. The molecule has 4 rings (SSSR count). The van der Waals surface area contributed by atoms with Crippen LogP contribution in [-0.2, 0) is 32.6 Å². The van der Waals surface area contributed by atoms with Gasteiger partial charge in [0.1, 0.15) is 24.2 Å². The molecule has 224 valence electrons. The van der Waals surface area contributed by atoms with Crippen LogP contribution in [0.15, 0.2) is 78.9 Å². The predicted octanol–water partition coefficient (Wildman–Crippen LogP) is 4.69. The molecule has 1 fully saturated rings. The summed E-state index contributed by atoms with van der Waals surface area (Å²) < 4.78 is 45.6. The number of halogens is 1. The summed E-state index contributed by atoms with van der Waals surface area (Å²) in [7, 11) is -2.38. The number of sulfonamides is 1. The lowest BCUT2D eigenvalue weighted by atomic mass is 9.94. The number of rotatable bonds is 12. The summed E-state index contributed by atoms with van der Waals surface area (Å²) in [6.45, 7) is -0.511.